The van der Waals surface area contributed by atoms with Gasteiger partial charge in [0.2, 0.25) is 0 Å². The van der Waals surface area contributed by atoms with E-state index in [2.05, 4.69) is 0 Å². The first-order valence-corrected chi connectivity index (χ1v) is 5.22. The molecule has 0 spiro atoms. The van der Waals surface area contributed by atoms with Gasteiger partial charge >= 0.3 is 0 Å². The van der Waals surface area contributed by atoms with E-state index in [4.69, 9.17) is 10.00 Å². The summed E-state index contributed by atoms with van der Waals surface area (Å²) in [7, 11) is 1.38. The summed E-state index contributed by atoms with van der Waals surface area (Å²) in [5.41, 5.74) is 1.07. The molecule has 0 saturated carbocycles. The van der Waals surface area contributed by atoms with E-state index in [1.165, 1.54) is 25.3 Å². The maximum absolute atomic E-state index is 13.7. The van der Waals surface area contributed by atoms with Crippen molar-refractivity contribution in [2.24, 2.45) is 0 Å². The first-order valence-electron chi connectivity index (χ1n) is 5.22. The van der Waals surface area contributed by atoms with Crippen LogP contribution in [0.5, 0.6) is 11.5 Å². The van der Waals surface area contributed by atoms with Crippen molar-refractivity contribution in [2.75, 3.05) is 7.11 Å². The largest absolute Gasteiger partial charge is 0.508 e. The van der Waals surface area contributed by atoms with Crippen molar-refractivity contribution in [2.45, 2.75) is 0 Å². The highest BCUT2D eigenvalue weighted by atomic mass is 19.1. The number of phenols is 1. The summed E-state index contributed by atoms with van der Waals surface area (Å²) in [5, 5.41) is 18.2. The molecular weight excluding hydrogens is 233 g/mol. The zero-order valence-corrected chi connectivity index (χ0v) is 9.64. The van der Waals surface area contributed by atoms with E-state index in [9.17, 15) is 9.50 Å². The van der Waals surface area contributed by atoms with E-state index < -0.39 is 5.82 Å². The second-order valence-electron chi connectivity index (χ2n) is 3.70. The Kier molecular flexibility index (Phi) is 3.16. The van der Waals surface area contributed by atoms with Gasteiger partial charge in [0.25, 0.3) is 0 Å². The third-order valence-corrected chi connectivity index (χ3v) is 2.57. The van der Waals surface area contributed by atoms with Crippen LogP contribution in [0.25, 0.3) is 11.1 Å². The highest BCUT2D eigenvalue weighted by Gasteiger charge is 2.12. The van der Waals surface area contributed by atoms with Gasteiger partial charge in [-0.3, -0.25) is 0 Å². The molecule has 0 amide bonds. The van der Waals surface area contributed by atoms with Gasteiger partial charge < -0.3 is 9.84 Å². The minimum Gasteiger partial charge on any atom is -0.508 e. The molecule has 0 aromatic heterocycles. The maximum Gasteiger partial charge on any atom is 0.145 e. The molecule has 0 fully saturated rings. The highest BCUT2D eigenvalue weighted by Crippen LogP contribution is 2.30. The molecule has 4 heteroatoms. The number of nitrogens with zero attached hydrogens (tertiary/aromatic N) is 1. The third kappa shape index (κ3) is 2.11. The predicted octanol–water partition coefficient (Wildman–Crippen LogP) is 3.08. The molecule has 0 saturated heterocycles. The van der Waals surface area contributed by atoms with Crippen LogP contribution >= 0.6 is 0 Å². The lowest BCUT2D eigenvalue weighted by atomic mass is 10.0. The quantitative estimate of drug-likeness (QED) is 0.881. The van der Waals surface area contributed by atoms with Crippen molar-refractivity contribution < 1.29 is 14.2 Å². The summed E-state index contributed by atoms with van der Waals surface area (Å²) >= 11 is 0. The molecule has 0 aliphatic rings. The molecule has 90 valence electrons. The Morgan fingerprint density at radius 2 is 2.00 bits per heavy atom. The highest BCUT2D eigenvalue weighted by molar-refractivity contribution is 5.68. The van der Waals surface area contributed by atoms with Gasteiger partial charge in [-0.15, -0.1) is 0 Å². The second kappa shape index (κ2) is 4.76. The zero-order valence-electron chi connectivity index (χ0n) is 9.64. The zero-order chi connectivity index (χ0) is 13.1. The van der Waals surface area contributed by atoms with Gasteiger partial charge in [0.15, 0.2) is 0 Å². The van der Waals surface area contributed by atoms with Gasteiger partial charge in [-0.05, 0) is 35.4 Å². The number of methoxy groups -OCH3 is 1. The average Bonchev–Trinajstić information content (AvgIpc) is 2.37. The van der Waals surface area contributed by atoms with Crippen LogP contribution < -0.4 is 4.74 Å². The molecule has 18 heavy (non-hydrogen) atoms. The Hall–Kier alpha value is -2.54. The lowest BCUT2D eigenvalue weighted by Crippen LogP contribution is -1.93. The van der Waals surface area contributed by atoms with Crippen LogP contribution in [0, 0.1) is 17.1 Å². The fraction of sp³-hybridized carbons (Fsp3) is 0.0714. The Morgan fingerprint density at radius 1 is 1.22 bits per heavy atom. The van der Waals surface area contributed by atoms with E-state index in [1.54, 1.807) is 24.3 Å². The van der Waals surface area contributed by atoms with E-state index in [-0.39, 0.29) is 17.1 Å². The summed E-state index contributed by atoms with van der Waals surface area (Å²) < 4.78 is 18.7. The van der Waals surface area contributed by atoms with Crippen LogP contribution in [0.2, 0.25) is 0 Å². The van der Waals surface area contributed by atoms with Crippen molar-refractivity contribution in [3.63, 3.8) is 0 Å². The summed E-state index contributed by atoms with van der Waals surface area (Å²) in [4.78, 5) is 0. The number of aromatic hydroxyl groups is 1. The minimum atomic E-state index is -0.643. The van der Waals surface area contributed by atoms with E-state index in [0.717, 1.165) is 0 Å². The van der Waals surface area contributed by atoms with Gasteiger partial charge in [0, 0.05) is 0 Å². The normalized spacial score (nSPS) is 9.83. The van der Waals surface area contributed by atoms with Crippen molar-refractivity contribution in [1.29, 1.82) is 5.26 Å². The SMILES string of the molecule is COc1cc(-c2cccc(O)c2)cc(F)c1C#N. The van der Waals surface area contributed by atoms with Crippen LogP contribution in [0.4, 0.5) is 4.39 Å². The molecule has 2 aromatic carbocycles. The average molecular weight is 243 g/mol. The first kappa shape index (κ1) is 11.9. The lowest BCUT2D eigenvalue weighted by Gasteiger charge is -2.08. The van der Waals surface area contributed by atoms with Crippen molar-refractivity contribution >= 4 is 0 Å². The smallest absolute Gasteiger partial charge is 0.145 e. The number of benzene rings is 2. The van der Waals surface area contributed by atoms with Crippen molar-refractivity contribution in [1.82, 2.24) is 0 Å². The van der Waals surface area contributed by atoms with Gasteiger partial charge in [0.05, 0.1) is 7.11 Å². The Bertz CT molecular complexity index is 632. The molecule has 2 rings (SSSR count). The summed E-state index contributed by atoms with van der Waals surface area (Å²) in [6.45, 7) is 0. The summed E-state index contributed by atoms with van der Waals surface area (Å²) in [5.74, 6) is -0.373. The molecule has 0 radical (unpaired) electrons. The Labute approximate surface area is 104 Å². The number of ether oxygens (including phenoxy) is 1. The van der Waals surface area contributed by atoms with Gasteiger partial charge in [0.1, 0.15) is 28.9 Å². The molecule has 0 heterocycles. The number of hydrogen-bond acceptors (Lipinski definition) is 3. The first-order chi connectivity index (χ1) is 8.65. The van der Waals surface area contributed by atoms with Gasteiger partial charge in [-0.1, -0.05) is 12.1 Å². The van der Waals surface area contributed by atoms with E-state index in [0.29, 0.717) is 11.1 Å². The van der Waals surface area contributed by atoms with Crippen molar-refractivity contribution in [3.05, 3.63) is 47.8 Å². The molecule has 0 unspecified atom stereocenters. The van der Waals surface area contributed by atoms with Crippen LogP contribution in [0.15, 0.2) is 36.4 Å². The molecule has 2 aromatic rings. The Morgan fingerprint density at radius 3 is 2.61 bits per heavy atom. The van der Waals surface area contributed by atoms with Crippen LogP contribution in [-0.2, 0) is 0 Å². The van der Waals surface area contributed by atoms with E-state index >= 15 is 0 Å². The monoisotopic (exact) mass is 243 g/mol. The summed E-state index contributed by atoms with van der Waals surface area (Å²) in [6.07, 6.45) is 0. The predicted molar refractivity (Wildman–Crippen MR) is 64.8 cm³/mol. The van der Waals surface area contributed by atoms with Crippen LogP contribution in [0.3, 0.4) is 0 Å². The molecule has 0 bridgehead atoms. The Balaban J connectivity index is 2.60. The second-order valence-corrected chi connectivity index (χ2v) is 3.70. The number of halogens is 1. The minimum absolute atomic E-state index is 0.0937. The molecule has 3 nitrogen and oxygen atoms in total. The third-order valence-electron chi connectivity index (χ3n) is 2.57. The number of hydrogen-bond donors (Lipinski definition) is 1. The van der Waals surface area contributed by atoms with Crippen LogP contribution in [0.1, 0.15) is 5.56 Å². The van der Waals surface area contributed by atoms with E-state index in [1.807, 2.05) is 0 Å². The van der Waals surface area contributed by atoms with Crippen molar-refractivity contribution in [3.8, 4) is 28.7 Å². The van der Waals surface area contributed by atoms with Crippen LogP contribution in [-0.4, -0.2) is 12.2 Å². The standard InChI is InChI=1S/C14H10FNO2/c1-18-14-7-10(6-13(15)12(14)8-16)9-3-2-4-11(17)5-9/h2-7,17H,1H3. The fourth-order valence-electron chi connectivity index (χ4n) is 1.70. The molecule has 0 aliphatic heterocycles. The van der Waals surface area contributed by atoms with Gasteiger partial charge in [-0.2, -0.15) is 5.26 Å². The number of nitriles is 1. The molecule has 0 aliphatic carbocycles. The molecule has 1 N–H and O–H groups in total. The molecular formula is C14H10FNO2. The van der Waals surface area contributed by atoms with Gasteiger partial charge in [-0.25, -0.2) is 4.39 Å². The lowest BCUT2D eigenvalue weighted by molar-refractivity contribution is 0.410. The number of rotatable bonds is 2. The fourth-order valence-corrected chi connectivity index (χ4v) is 1.70. The maximum atomic E-state index is 13.7. The topological polar surface area (TPSA) is 53.2 Å². The summed E-state index contributed by atoms with van der Waals surface area (Å²) in [6, 6.07) is 11.0. The number of phenolic OH excluding ortho intramolecular Hbond substituents is 1. The molecule has 0 atom stereocenters.